The molecule has 0 saturated carbocycles. The molecule has 24 heavy (non-hydrogen) atoms. The summed E-state index contributed by atoms with van der Waals surface area (Å²) < 4.78 is 43.8. The molecule has 2 N–H and O–H groups in total. The highest BCUT2D eigenvalue weighted by Crippen LogP contribution is 2.32. The Labute approximate surface area is 140 Å². The van der Waals surface area contributed by atoms with E-state index in [1.807, 2.05) is 0 Å². The van der Waals surface area contributed by atoms with Gasteiger partial charge in [-0.1, -0.05) is 6.07 Å². The minimum Gasteiger partial charge on any atom is -0.433 e. The van der Waals surface area contributed by atoms with Gasteiger partial charge in [-0.2, -0.15) is 8.78 Å². The highest BCUT2D eigenvalue weighted by Gasteiger charge is 2.22. The van der Waals surface area contributed by atoms with Crippen molar-refractivity contribution in [2.45, 2.75) is 26.5 Å². The lowest BCUT2D eigenvalue weighted by atomic mass is 9.99. The van der Waals surface area contributed by atoms with Crippen molar-refractivity contribution in [3.8, 4) is 5.75 Å². The number of rotatable bonds is 4. The van der Waals surface area contributed by atoms with Crippen LogP contribution in [0.15, 0.2) is 18.2 Å². The number of aryl methyl sites for hydroxylation is 1. The van der Waals surface area contributed by atoms with Gasteiger partial charge in [0, 0.05) is 11.4 Å². The number of amides is 1. The molecule has 3 rings (SSSR count). The highest BCUT2D eigenvalue weighted by molar-refractivity contribution is 7.14. The van der Waals surface area contributed by atoms with Crippen molar-refractivity contribution in [2.75, 3.05) is 11.9 Å². The summed E-state index contributed by atoms with van der Waals surface area (Å²) in [6, 6.07) is 4.59. The van der Waals surface area contributed by atoms with Crippen LogP contribution in [0.5, 0.6) is 5.75 Å². The standard InChI is InChI=1S/C16H15F3N2O2S/c1-8-6-12(23-16(18)19)14(24-8)15(22)21-11-3-2-9-7-20-5-4-10(9)13(11)17/h2-3,6,16,20H,4-5,7H2,1H3,(H,21,22). The molecule has 0 aliphatic carbocycles. The molecular formula is C16H15F3N2O2S. The zero-order valence-corrected chi connectivity index (χ0v) is 13.6. The molecule has 0 saturated heterocycles. The van der Waals surface area contributed by atoms with Crippen LogP contribution in [0.3, 0.4) is 0 Å². The Balaban J connectivity index is 1.85. The van der Waals surface area contributed by atoms with Crippen LogP contribution in [0.25, 0.3) is 0 Å². The molecule has 0 atom stereocenters. The first-order valence-corrected chi connectivity index (χ1v) is 8.15. The van der Waals surface area contributed by atoms with Crippen LogP contribution >= 0.6 is 11.3 Å². The van der Waals surface area contributed by atoms with Crippen LogP contribution < -0.4 is 15.4 Å². The van der Waals surface area contributed by atoms with Crippen molar-refractivity contribution in [3.05, 3.63) is 44.9 Å². The summed E-state index contributed by atoms with van der Waals surface area (Å²) in [6.45, 7) is -0.111. The number of benzene rings is 1. The molecule has 0 radical (unpaired) electrons. The summed E-state index contributed by atoms with van der Waals surface area (Å²) in [4.78, 5) is 13.0. The first-order valence-electron chi connectivity index (χ1n) is 7.33. The number of fused-ring (bicyclic) bond motifs is 1. The average molecular weight is 356 g/mol. The van der Waals surface area contributed by atoms with Crippen LogP contribution in [0.4, 0.5) is 18.9 Å². The minimum atomic E-state index is -3.03. The summed E-state index contributed by atoms with van der Waals surface area (Å²) in [5.74, 6) is -1.35. The Morgan fingerprint density at radius 1 is 1.42 bits per heavy atom. The summed E-state index contributed by atoms with van der Waals surface area (Å²) in [7, 11) is 0. The smallest absolute Gasteiger partial charge is 0.387 e. The van der Waals surface area contributed by atoms with E-state index in [1.165, 1.54) is 12.1 Å². The second-order valence-corrected chi connectivity index (χ2v) is 6.63. The van der Waals surface area contributed by atoms with Gasteiger partial charge >= 0.3 is 6.61 Å². The van der Waals surface area contributed by atoms with Gasteiger partial charge < -0.3 is 15.4 Å². The number of halogens is 3. The van der Waals surface area contributed by atoms with Crippen molar-refractivity contribution >= 4 is 22.9 Å². The number of alkyl halides is 2. The molecule has 0 bridgehead atoms. The molecule has 2 heterocycles. The third-order valence-electron chi connectivity index (χ3n) is 3.70. The summed E-state index contributed by atoms with van der Waals surface area (Å²) in [5.41, 5.74) is 1.46. The van der Waals surface area contributed by atoms with Gasteiger partial charge in [-0.25, -0.2) is 4.39 Å². The van der Waals surface area contributed by atoms with Crippen molar-refractivity contribution in [2.24, 2.45) is 0 Å². The van der Waals surface area contributed by atoms with E-state index in [-0.39, 0.29) is 16.3 Å². The van der Waals surface area contributed by atoms with E-state index in [0.29, 0.717) is 30.0 Å². The van der Waals surface area contributed by atoms with Crippen molar-refractivity contribution < 1.29 is 22.7 Å². The normalized spacial score (nSPS) is 13.7. The Morgan fingerprint density at radius 3 is 2.96 bits per heavy atom. The molecule has 1 aliphatic rings. The topological polar surface area (TPSA) is 50.4 Å². The molecule has 1 aromatic carbocycles. The van der Waals surface area contributed by atoms with Gasteiger partial charge in [-0.15, -0.1) is 11.3 Å². The van der Waals surface area contributed by atoms with E-state index >= 15 is 0 Å². The molecule has 1 amide bonds. The molecule has 1 aromatic heterocycles. The van der Waals surface area contributed by atoms with Crippen molar-refractivity contribution in [1.82, 2.24) is 5.32 Å². The number of thiophene rings is 1. The molecule has 4 nitrogen and oxygen atoms in total. The van der Waals surface area contributed by atoms with Gasteiger partial charge in [-0.05, 0) is 43.1 Å². The van der Waals surface area contributed by atoms with E-state index in [2.05, 4.69) is 15.4 Å². The lowest BCUT2D eigenvalue weighted by molar-refractivity contribution is -0.0498. The van der Waals surface area contributed by atoms with E-state index in [0.717, 1.165) is 16.9 Å². The van der Waals surface area contributed by atoms with Crippen LogP contribution in [0.2, 0.25) is 0 Å². The largest absolute Gasteiger partial charge is 0.433 e. The number of hydrogen-bond acceptors (Lipinski definition) is 4. The van der Waals surface area contributed by atoms with Crippen LogP contribution in [-0.2, 0) is 13.0 Å². The van der Waals surface area contributed by atoms with E-state index < -0.39 is 18.3 Å². The molecular weight excluding hydrogens is 341 g/mol. The van der Waals surface area contributed by atoms with Gasteiger partial charge in [0.05, 0.1) is 5.69 Å². The highest BCUT2D eigenvalue weighted by atomic mass is 32.1. The molecule has 8 heteroatoms. The molecule has 0 spiro atoms. The predicted octanol–water partition coefficient (Wildman–Crippen LogP) is 3.70. The van der Waals surface area contributed by atoms with Crippen LogP contribution in [-0.4, -0.2) is 19.1 Å². The number of anilines is 1. The fraction of sp³-hybridized carbons (Fsp3) is 0.312. The molecule has 128 valence electrons. The lowest BCUT2D eigenvalue weighted by Gasteiger charge is -2.19. The Kier molecular flexibility index (Phi) is 4.77. The summed E-state index contributed by atoms with van der Waals surface area (Å²) in [5, 5.41) is 5.60. The summed E-state index contributed by atoms with van der Waals surface area (Å²) >= 11 is 1.02. The van der Waals surface area contributed by atoms with E-state index in [9.17, 15) is 18.0 Å². The van der Waals surface area contributed by atoms with Gasteiger partial charge in [-0.3, -0.25) is 4.79 Å². The minimum absolute atomic E-state index is 0.00779. The Bertz CT molecular complexity index is 777. The van der Waals surface area contributed by atoms with Gasteiger partial charge in [0.15, 0.2) is 0 Å². The van der Waals surface area contributed by atoms with Gasteiger partial charge in [0.25, 0.3) is 5.91 Å². The second-order valence-electron chi connectivity index (χ2n) is 5.37. The predicted molar refractivity (Wildman–Crippen MR) is 85.5 cm³/mol. The maximum atomic E-state index is 14.6. The fourth-order valence-electron chi connectivity index (χ4n) is 2.64. The molecule has 2 aromatic rings. The average Bonchev–Trinajstić information content (AvgIpc) is 2.90. The number of hydrogen-bond donors (Lipinski definition) is 2. The third-order valence-corrected chi connectivity index (χ3v) is 4.73. The van der Waals surface area contributed by atoms with Crippen molar-refractivity contribution in [1.29, 1.82) is 0 Å². The van der Waals surface area contributed by atoms with Gasteiger partial charge in [0.2, 0.25) is 0 Å². The van der Waals surface area contributed by atoms with Crippen molar-refractivity contribution in [3.63, 3.8) is 0 Å². The molecule has 0 fully saturated rings. The van der Waals surface area contributed by atoms with E-state index in [1.54, 1.807) is 13.0 Å². The first kappa shape index (κ1) is 16.8. The summed E-state index contributed by atoms with van der Waals surface area (Å²) in [6.07, 6.45) is 0.530. The molecule has 1 aliphatic heterocycles. The second kappa shape index (κ2) is 6.82. The SMILES string of the molecule is Cc1cc(OC(F)F)c(C(=O)Nc2ccc3c(c2F)CCNC3)s1. The zero-order valence-electron chi connectivity index (χ0n) is 12.8. The van der Waals surface area contributed by atoms with Crippen LogP contribution in [0, 0.1) is 12.7 Å². The fourth-order valence-corrected chi connectivity index (χ4v) is 3.48. The lowest BCUT2D eigenvalue weighted by Crippen LogP contribution is -2.25. The quantitative estimate of drug-likeness (QED) is 0.878. The Morgan fingerprint density at radius 2 is 2.21 bits per heavy atom. The maximum Gasteiger partial charge on any atom is 0.387 e. The third kappa shape index (κ3) is 3.39. The van der Waals surface area contributed by atoms with E-state index in [4.69, 9.17) is 0 Å². The zero-order chi connectivity index (χ0) is 17.3. The van der Waals surface area contributed by atoms with Gasteiger partial charge in [0.1, 0.15) is 16.4 Å². The monoisotopic (exact) mass is 356 g/mol. The molecule has 0 unspecified atom stereocenters. The number of ether oxygens (including phenoxy) is 1. The first-order chi connectivity index (χ1) is 11.5. The maximum absolute atomic E-state index is 14.6. The van der Waals surface area contributed by atoms with Crippen LogP contribution in [0.1, 0.15) is 25.7 Å². The Hall–Kier alpha value is -2.06. The number of nitrogens with one attached hydrogen (secondary N) is 2. The number of carbonyl (C=O) groups is 1. The number of carbonyl (C=O) groups excluding carboxylic acids is 1.